The molecule has 1 heterocycles. The maximum atomic E-state index is 10.0. The number of aliphatic hydroxyl groups is 1. The lowest BCUT2D eigenvalue weighted by molar-refractivity contribution is -0.288. The third-order valence-electron chi connectivity index (χ3n) is 3.44. The van der Waals surface area contributed by atoms with Gasteiger partial charge in [-0.15, -0.1) is 0 Å². The molecule has 1 fully saturated rings. The smallest absolute Gasteiger partial charge is 0.165 e. The van der Waals surface area contributed by atoms with E-state index in [9.17, 15) is 5.11 Å². The maximum Gasteiger partial charge on any atom is 0.165 e. The van der Waals surface area contributed by atoms with Gasteiger partial charge in [0.25, 0.3) is 0 Å². The van der Waals surface area contributed by atoms with Crippen LogP contribution in [0, 0.1) is 17.8 Å². The second kappa shape index (κ2) is 3.58. The van der Waals surface area contributed by atoms with Gasteiger partial charge in [-0.1, -0.05) is 27.7 Å². The van der Waals surface area contributed by atoms with Crippen molar-refractivity contribution in [2.24, 2.45) is 17.8 Å². The zero-order valence-electron chi connectivity index (χ0n) is 9.37. The Kier molecular flexibility index (Phi) is 3.03. The van der Waals surface area contributed by atoms with E-state index >= 15 is 0 Å². The summed E-state index contributed by atoms with van der Waals surface area (Å²) in [7, 11) is 0. The van der Waals surface area contributed by atoms with E-state index in [0.29, 0.717) is 11.8 Å². The molecule has 4 atom stereocenters. The molecule has 1 N–H and O–H groups in total. The zero-order chi connectivity index (χ0) is 10.2. The molecule has 0 aromatic heterocycles. The Morgan fingerprint density at radius 3 is 2.31 bits per heavy atom. The van der Waals surface area contributed by atoms with Gasteiger partial charge >= 0.3 is 0 Å². The highest BCUT2D eigenvalue weighted by molar-refractivity contribution is 4.84. The molecule has 1 unspecified atom stereocenters. The van der Waals surface area contributed by atoms with Crippen LogP contribution in [0.4, 0.5) is 0 Å². The molecule has 1 aliphatic rings. The first-order chi connectivity index (χ1) is 5.84. The van der Waals surface area contributed by atoms with Crippen molar-refractivity contribution in [3.05, 3.63) is 0 Å². The van der Waals surface area contributed by atoms with Gasteiger partial charge in [-0.25, -0.2) is 0 Å². The summed E-state index contributed by atoms with van der Waals surface area (Å²) in [6.45, 7) is 10.3. The minimum atomic E-state index is -0.938. The Bertz CT molecular complexity index is 175. The second-order valence-electron chi connectivity index (χ2n) is 4.96. The van der Waals surface area contributed by atoms with Crippen LogP contribution >= 0.6 is 0 Å². The predicted molar refractivity (Wildman–Crippen MR) is 53.3 cm³/mol. The van der Waals surface area contributed by atoms with E-state index in [1.807, 2.05) is 0 Å². The van der Waals surface area contributed by atoms with Crippen molar-refractivity contribution in [2.75, 3.05) is 0 Å². The fraction of sp³-hybridized carbons (Fsp3) is 1.00. The largest absolute Gasteiger partial charge is 0.365 e. The van der Waals surface area contributed by atoms with Gasteiger partial charge < -0.3 is 9.84 Å². The van der Waals surface area contributed by atoms with Crippen molar-refractivity contribution in [3.8, 4) is 0 Å². The fourth-order valence-electron chi connectivity index (χ4n) is 1.97. The van der Waals surface area contributed by atoms with Crippen LogP contribution < -0.4 is 0 Å². The monoisotopic (exact) mass is 186 g/mol. The highest BCUT2D eigenvalue weighted by atomic mass is 16.6. The maximum absolute atomic E-state index is 10.0. The molecule has 0 aromatic rings. The minimum absolute atomic E-state index is 0.209. The molecular weight excluding hydrogens is 164 g/mol. The Morgan fingerprint density at radius 2 is 1.92 bits per heavy atom. The highest BCUT2D eigenvalue weighted by Crippen LogP contribution is 2.38. The van der Waals surface area contributed by atoms with Gasteiger partial charge in [-0.2, -0.15) is 0 Å². The Balaban J connectivity index is 2.70. The van der Waals surface area contributed by atoms with Crippen LogP contribution in [-0.2, 0) is 4.74 Å². The summed E-state index contributed by atoms with van der Waals surface area (Å²) in [6, 6.07) is 0. The minimum Gasteiger partial charge on any atom is -0.365 e. The first-order valence-corrected chi connectivity index (χ1v) is 5.24. The van der Waals surface area contributed by atoms with E-state index < -0.39 is 5.79 Å². The van der Waals surface area contributed by atoms with Crippen molar-refractivity contribution < 1.29 is 9.84 Å². The van der Waals surface area contributed by atoms with E-state index in [2.05, 4.69) is 27.7 Å². The molecule has 0 aromatic carbocycles. The topological polar surface area (TPSA) is 29.5 Å². The average molecular weight is 186 g/mol. The van der Waals surface area contributed by atoms with E-state index in [4.69, 9.17) is 4.74 Å². The molecule has 0 radical (unpaired) electrons. The second-order valence-corrected chi connectivity index (χ2v) is 4.96. The Labute approximate surface area is 81.3 Å². The first kappa shape index (κ1) is 11.0. The molecule has 0 saturated carbocycles. The van der Waals surface area contributed by atoms with Crippen LogP contribution in [0.25, 0.3) is 0 Å². The summed E-state index contributed by atoms with van der Waals surface area (Å²) < 4.78 is 5.67. The quantitative estimate of drug-likeness (QED) is 0.681. The van der Waals surface area contributed by atoms with Crippen molar-refractivity contribution in [1.29, 1.82) is 0 Å². The molecular formula is C11H22O2. The lowest BCUT2D eigenvalue weighted by atomic mass is 9.80. The summed E-state index contributed by atoms with van der Waals surface area (Å²) in [6.07, 6.45) is 1.27. The Morgan fingerprint density at radius 1 is 1.38 bits per heavy atom. The standard InChI is InChI=1S/C11H22O2/c1-7(2)10-6-8(3)9(4)11(5,12)13-10/h7-10,12H,6H2,1-5H3/t8-,9+,10-,11?/m0/s1. The molecule has 1 saturated heterocycles. The van der Waals surface area contributed by atoms with Crippen LogP contribution in [-0.4, -0.2) is 17.0 Å². The molecule has 0 amide bonds. The third kappa shape index (κ3) is 2.23. The normalized spacial score (nSPS) is 46.8. The van der Waals surface area contributed by atoms with E-state index in [0.717, 1.165) is 6.42 Å². The van der Waals surface area contributed by atoms with E-state index in [-0.39, 0.29) is 12.0 Å². The molecule has 0 spiro atoms. The number of rotatable bonds is 1. The zero-order valence-corrected chi connectivity index (χ0v) is 9.37. The predicted octanol–water partition coefficient (Wildman–Crippen LogP) is 2.41. The molecule has 78 valence electrons. The number of hydrogen-bond acceptors (Lipinski definition) is 2. The van der Waals surface area contributed by atoms with Crippen molar-refractivity contribution in [2.45, 2.75) is 52.9 Å². The van der Waals surface area contributed by atoms with E-state index in [1.165, 1.54) is 0 Å². The van der Waals surface area contributed by atoms with Crippen LogP contribution in [0.3, 0.4) is 0 Å². The van der Waals surface area contributed by atoms with Gasteiger partial charge in [0.1, 0.15) is 0 Å². The highest BCUT2D eigenvalue weighted by Gasteiger charge is 2.41. The third-order valence-corrected chi connectivity index (χ3v) is 3.44. The van der Waals surface area contributed by atoms with Gasteiger partial charge in [-0.3, -0.25) is 0 Å². The summed E-state index contributed by atoms with van der Waals surface area (Å²) >= 11 is 0. The molecule has 1 rings (SSSR count). The van der Waals surface area contributed by atoms with Gasteiger partial charge in [-0.05, 0) is 25.2 Å². The van der Waals surface area contributed by atoms with Gasteiger partial charge in [0.2, 0.25) is 0 Å². The lowest BCUT2D eigenvalue weighted by Crippen LogP contribution is -2.49. The van der Waals surface area contributed by atoms with Crippen molar-refractivity contribution >= 4 is 0 Å². The van der Waals surface area contributed by atoms with Crippen molar-refractivity contribution in [3.63, 3.8) is 0 Å². The van der Waals surface area contributed by atoms with Gasteiger partial charge in [0.15, 0.2) is 5.79 Å². The molecule has 13 heavy (non-hydrogen) atoms. The molecule has 0 aliphatic carbocycles. The molecule has 2 heteroatoms. The first-order valence-electron chi connectivity index (χ1n) is 5.24. The van der Waals surface area contributed by atoms with Crippen LogP contribution in [0.15, 0.2) is 0 Å². The van der Waals surface area contributed by atoms with Crippen LogP contribution in [0.5, 0.6) is 0 Å². The lowest BCUT2D eigenvalue weighted by Gasteiger charge is -2.44. The van der Waals surface area contributed by atoms with Crippen LogP contribution in [0.2, 0.25) is 0 Å². The summed E-state index contributed by atoms with van der Waals surface area (Å²) in [4.78, 5) is 0. The number of ether oxygens (including phenoxy) is 1. The molecule has 0 bridgehead atoms. The summed E-state index contributed by atoms with van der Waals surface area (Å²) in [5.41, 5.74) is 0. The summed E-state index contributed by atoms with van der Waals surface area (Å²) in [5.74, 6) is 0.312. The van der Waals surface area contributed by atoms with Gasteiger partial charge in [0, 0.05) is 5.92 Å². The van der Waals surface area contributed by atoms with E-state index in [1.54, 1.807) is 6.92 Å². The number of hydrogen-bond donors (Lipinski definition) is 1. The van der Waals surface area contributed by atoms with Crippen LogP contribution in [0.1, 0.15) is 41.0 Å². The summed E-state index contributed by atoms with van der Waals surface area (Å²) in [5, 5.41) is 10.0. The van der Waals surface area contributed by atoms with Gasteiger partial charge in [0.05, 0.1) is 6.10 Å². The Hall–Kier alpha value is -0.0800. The average Bonchev–Trinajstić information content (AvgIpc) is 1.99. The fourth-order valence-corrected chi connectivity index (χ4v) is 1.97. The SMILES string of the molecule is CC(C)[C@@H]1C[C@H](C)[C@@H](C)C(C)(O)O1. The van der Waals surface area contributed by atoms with Crippen molar-refractivity contribution in [1.82, 2.24) is 0 Å². The molecule has 1 aliphatic heterocycles. The molecule has 2 nitrogen and oxygen atoms in total.